The molecule has 2 aromatic heterocycles. The molecule has 1 aliphatic carbocycles. The molecule has 0 radical (unpaired) electrons. The monoisotopic (exact) mass is 425 g/mol. The van der Waals surface area contributed by atoms with Crippen molar-refractivity contribution in [3.63, 3.8) is 0 Å². The number of pyridine rings is 1. The van der Waals surface area contributed by atoms with Crippen molar-refractivity contribution in [3.05, 3.63) is 41.3 Å². The van der Waals surface area contributed by atoms with Gasteiger partial charge >= 0.3 is 0 Å². The number of aromatic nitrogens is 3. The summed E-state index contributed by atoms with van der Waals surface area (Å²) in [4.78, 5) is 21.4. The van der Waals surface area contributed by atoms with Crippen LogP contribution in [0.5, 0.6) is 0 Å². The molecule has 3 heterocycles. The lowest BCUT2D eigenvalue weighted by Gasteiger charge is -2.34. The highest BCUT2D eigenvalue weighted by Crippen LogP contribution is 2.32. The summed E-state index contributed by atoms with van der Waals surface area (Å²) < 4.78 is 0. The van der Waals surface area contributed by atoms with Crippen molar-refractivity contribution in [2.24, 2.45) is 0 Å². The van der Waals surface area contributed by atoms with E-state index in [0.717, 1.165) is 69.6 Å². The van der Waals surface area contributed by atoms with Gasteiger partial charge in [-0.25, -0.2) is 4.98 Å². The van der Waals surface area contributed by atoms with Crippen molar-refractivity contribution < 1.29 is 0 Å². The van der Waals surface area contributed by atoms with E-state index in [-0.39, 0.29) is 0 Å². The average Bonchev–Trinajstić information content (AvgIpc) is 2.80. The molecule has 7 heteroatoms. The Labute approximate surface area is 187 Å². The number of fused-ring (bicyclic) bond motifs is 1. The molecule has 31 heavy (non-hydrogen) atoms. The number of anilines is 2. The van der Waals surface area contributed by atoms with E-state index in [1.165, 1.54) is 17.7 Å². The van der Waals surface area contributed by atoms with Gasteiger partial charge in [-0.3, -0.25) is 9.88 Å². The molecule has 0 bridgehead atoms. The van der Waals surface area contributed by atoms with Crippen molar-refractivity contribution in [2.75, 3.05) is 57.0 Å². The molecule has 4 rings (SSSR count). The van der Waals surface area contributed by atoms with Crippen LogP contribution in [0.25, 0.3) is 0 Å². The fourth-order valence-electron chi connectivity index (χ4n) is 4.38. The van der Waals surface area contributed by atoms with Crippen LogP contribution in [0.4, 0.5) is 11.8 Å². The molecule has 170 valence electrons. The van der Waals surface area contributed by atoms with Gasteiger partial charge in [0.1, 0.15) is 5.82 Å². The van der Waals surface area contributed by atoms with Gasteiger partial charge in [-0.05, 0) is 51.9 Å². The zero-order chi connectivity index (χ0) is 22.2. The molecule has 1 atom stereocenters. The Hall–Kier alpha value is -2.25. The predicted octanol–water partition coefficient (Wildman–Crippen LogP) is 3.59. The third-order valence-electron chi connectivity index (χ3n) is 6.04. The Balaban J connectivity index is 0.00000132. The van der Waals surface area contributed by atoms with Gasteiger partial charge in [0.25, 0.3) is 0 Å². The molecule has 0 amide bonds. The number of nitrogens with one attached hydrogen (secondary N) is 1. The first-order chi connectivity index (χ1) is 15.1. The molecule has 1 N–H and O–H groups in total. The Bertz CT molecular complexity index is 817. The van der Waals surface area contributed by atoms with Gasteiger partial charge < -0.3 is 15.1 Å². The first kappa shape index (κ1) is 23.4. The van der Waals surface area contributed by atoms with E-state index >= 15 is 0 Å². The zero-order valence-electron chi connectivity index (χ0n) is 19.9. The lowest BCUT2D eigenvalue weighted by atomic mass is 9.91. The number of likely N-dealkylation sites (N-methyl/N-ethyl adjacent to an activating group) is 1. The summed E-state index contributed by atoms with van der Waals surface area (Å²) in [6.07, 6.45) is 5.42. The topological polar surface area (TPSA) is 60.4 Å². The largest absolute Gasteiger partial charge is 0.354 e. The summed E-state index contributed by atoms with van der Waals surface area (Å²) in [6.45, 7) is 11.9. The van der Waals surface area contributed by atoms with Crippen molar-refractivity contribution in [3.8, 4) is 0 Å². The highest BCUT2D eigenvalue weighted by molar-refractivity contribution is 5.45. The molecule has 1 fully saturated rings. The zero-order valence-corrected chi connectivity index (χ0v) is 19.9. The maximum Gasteiger partial charge on any atom is 0.224 e. The number of hydrogen-bond acceptors (Lipinski definition) is 7. The molecule has 2 aromatic rings. The van der Waals surface area contributed by atoms with Crippen LogP contribution in [0, 0.1) is 0 Å². The van der Waals surface area contributed by atoms with Crippen LogP contribution in [0.1, 0.15) is 56.6 Å². The Kier molecular flexibility index (Phi) is 8.60. The summed E-state index contributed by atoms with van der Waals surface area (Å²) in [6, 6.07) is 6.80. The molecule has 1 saturated heterocycles. The van der Waals surface area contributed by atoms with Crippen LogP contribution in [0.15, 0.2) is 24.4 Å². The van der Waals surface area contributed by atoms with Gasteiger partial charge in [-0.2, -0.15) is 4.98 Å². The first-order valence-corrected chi connectivity index (χ1v) is 11.8. The van der Waals surface area contributed by atoms with Crippen LogP contribution >= 0.6 is 0 Å². The summed E-state index contributed by atoms with van der Waals surface area (Å²) >= 11 is 0. The molecular weight excluding hydrogens is 386 g/mol. The van der Waals surface area contributed by atoms with Crippen LogP contribution in [0.2, 0.25) is 0 Å². The minimum atomic E-state index is 0.351. The van der Waals surface area contributed by atoms with E-state index in [1.807, 2.05) is 20.0 Å². The van der Waals surface area contributed by atoms with Gasteiger partial charge in [-0.15, -0.1) is 0 Å². The predicted molar refractivity (Wildman–Crippen MR) is 129 cm³/mol. The maximum atomic E-state index is 4.80. The van der Waals surface area contributed by atoms with Gasteiger partial charge in [0, 0.05) is 51.5 Å². The molecule has 0 aromatic carbocycles. The van der Waals surface area contributed by atoms with Crippen molar-refractivity contribution in [1.82, 2.24) is 24.8 Å². The van der Waals surface area contributed by atoms with Gasteiger partial charge in [0.2, 0.25) is 5.95 Å². The Morgan fingerprint density at radius 2 is 1.94 bits per heavy atom. The quantitative estimate of drug-likeness (QED) is 0.759. The van der Waals surface area contributed by atoms with Gasteiger partial charge in [0.05, 0.1) is 17.4 Å². The molecule has 0 spiro atoms. The number of piperazine rings is 1. The molecule has 1 unspecified atom stereocenters. The van der Waals surface area contributed by atoms with E-state index in [1.54, 1.807) is 0 Å². The second-order valence-corrected chi connectivity index (χ2v) is 8.23. The van der Waals surface area contributed by atoms with Crippen molar-refractivity contribution in [2.45, 2.75) is 52.6 Å². The van der Waals surface area contributed by atoms with E-state index < -0.39 is 0 Å². The van der Waals surface area contributed by atoms with Crippen molar-refractivity contribution in [1.29, 1.82) is 0 Å². The van der Waals surface area contributed by atoms with Crippen LogP contribution in [0.3, 0.4) is 0 Å². The third-order valence-corrected chi connectivity index (χ3v) is 6.04. The summed E-state index contributed by atoms with van der Waals surface area (Å²) in [7, 11) is 4.37. The molecule has 1 aliphatic heterocycles. The number of rotatable bonds is 6. The van der Waals surface area contributed by atoms with E-state index in [9.17, 15) is 0 Å². The van der Waals surface area contributed by atoms with Crippen LogP contribution in [-0.4, -0.2) is 71.6 Å². The Morgan fingerprint density at radius 1 is 1.16 bits per heavy atom. The third kappa shape index (κ3) is 5.92. The maximum absolute atomic E-state index is 4.80. The highest BCUT2D eigenvalue weighted by atomic mass is 15.3. The summed E-state index contributed by atoms with van der Waals surface area (Å²) in [5.41, 5.74) is 3.70. The smallest absolute Gasteiger partial charge is 0.224 e. The standard InChI is InChI=1S/C22H33N7.C2H6/c1-4-23-22-25-18(15-20(26-22)29-13-11-27(2)12-14-29)16-28(3)19-9-5-7-17-8-6-10-24-21(17)19;1-2/h6,8,10,15,19H,4-5,7,9,11-14,16H2,1-3H3,(H,23,25,26);1-2H3. The van der Waals surface area contributed by atoms with Crippen LogP contribution in [-0.2, 0) is 13.0 Å². The molecular formula is C24H39N7. The molecule has 2 aliphatic rings. The molecule has 7 nitrogen and oxygen atoms in total. The number of nitrogens with zero attached hydrogens (tertiary/aromatic N) is 6. The molecule has 0 saturated carbocycles. The van der Waals surface area contributed by atoms with E-state index in [2.05, 4.69) is 59.2 Å². The number of hydrogen-bond donors (Lipinski definition) is 1. The SMILES string of the molecule is CC.CCNc1nc(CN(C)C2CCCc3cccnc32)cc(N2CCN(C)CC2)n1. The lowest BCUT2D eigenvalue weighted by Crippen LogP contribution is -2.45. The second kappa shape index (κ2) is 11.4. The lowest BCUT2D eigenvalue weighted by molar-refractivity contribution is 0.206. The first-order valence-electron chi connectivity index (χ1n) is 11.8. The minimum Gasteiger partial charge on any atom is -0.354 e. The number of aryl methyl sites for hydroxylation is 1. The highest BCUT2D eigenvalue weighted by Gasteiger charge is 2.26. The van der Waals surface area contributed by atoms with E-state index in [0.29, 0.717) is 6.04 Å². The second-order valence-electron chi connectivity index (χ2n) is 8.23. The van der Waals surface area contributed by atoms with E-state index in [4.69, 9.17) is 15.0 Å². The Morgan fingerprint density at radius 3 is 2.68 bits per heavy atom. The summed E-state index contributed by atoms with van der Waals surface area (Å²) in [5.74, 6) is 1.77. The normalized spacial score (nSPS) is 18.9. The van der Waals surface area contributed by atoms with Crippen LogP contribution < -0.4 is 10.2 Å². The fourth-order valence-corrected chi connectivity index (χ4v) is 4.38. The van der Waals surface area contributed by atoms with Gasteiger partial charge in [-0.1, -0.05) is 19.9 Å². The summed E-state index contributed by atoms with van der Waals surface area (Å²) in [5, 5.41) is 3.31. The fraction of sp³-hybridized carbons (Fsp3) is 0.625. The minimum absolute atomic E-state index is 0.351. The van der Waals surface area contributed by atoms with Crippen molar-refractivity contribution >= 4 is 11.8 Å². The van der Waals surface area contributed by atoms with Gasteiger partial charge in [0.15, 0.2) is 0 Å². The average molecular weight is 426 g/mol.